The van der Waals surface area contributed by atoms with Gasteiger partial charge in [0.15, 0.2) is 5.82 Å². The fourth-order valence-electron chi connectivity index (χ4n) is 1.69. The molecule has 1 heterocycles. The highest BCUT2D eigenvalue weighted by atomic mass is 16.5. The highest BCUT2D eigenvalue weighted by Gasteiger charge is 2.00. The first-order valence-corrected chi connectivity index (χ1v) is 6.67. The second-order valence-corrected chi connectivity index (χ2v) is 4.23. The molecule has 1 aromatic carbocycles. The summed E-state index contributed by atoms with van der Waals surface area (Å²) in [7, 11) is 1.64. The molecule has 20 heavy (non-hydrogen) atoms. The van der Waals surface area contributed by atoms with E-state index in [9.17, 15) is 0 Å². The van der Waals surface area contributed by atoms with Gasteiger partial charge in [-0.3, -0.25) is 0 Å². The van der Waals surface area contributed by atoms with Gasteiger partial charge in [-0.25, -0.2) is 9.67 Å². The maximum Gasteiger partial charge on any atom is 0.164 e. The lowest BCUT2D eigenvalue weighted by Crippen LogP contribution is -2.14. The third-order valence-corrected chi connectivity index (χ3v) is 2.77. The lowest BCUT2D eigenvalue weighted by Gasteiger charge is -2.06. The summed E-state index contributed by atoms with van der Waals surface area (Å²) in [5.74, 6) is 2.44. The highest BCUT2D eigenvalue weighted by molar-refractivity contribution is 5.31. The number of methoxy groups -OCH3 is 1. The summed E-state index contributed by atoms with van der Waals surface area (Å²) < 4.78 is 12.5. The van der Waals surface area contributed by atoms with Crippen LogP contribution in [0.25, 0.3) is 0 Å². The quantitative estimate of drug-likeness (QED) is 0.791. The molecule has 0 aliphatic rings. The van der Waals surface area contributed by atoms with Crippen molar-refractivity contribution in [1.29, 1.82) is 0 Å². The van der Waals surface area contributed by atoms with E-state index in [1.165, 1.54) is 0 Å². The van der Waals surface area contributed by atoms with Crippen molar-refractivity contribution in [3.05, 3.63) is 36.4 Å². The van der Waals surface area contributed by atoms with Crippen molar-refractivity contribution in [2.24, 2.45) is 0 Å². The first kappa shape index (κ1) is 14.3. The number of nitrogens with one attached hydrogen (secondary N) is 1. The minimum absolute atomic E-state index is 0.552. The van der Waals surface area contributed by atoms with E-state index in [-0.39, 0.29) is 0 Å². The standard InChI is InChI=1S/C14H20N4O2/c1-3-15-10-14-16-11-18(17-14)8-9-20-13-6-4-12(19-2)5-7-13/h4-7,11,15H,3,8-10H2,1-2H3. The Labute approximate surface area is 118 Å². The molecule has 0 aliphatic carbocycles. The smallest absolute Gasteiger partial charge is 0.164 e. The molecule has 1 N–H and O–H groups in total. The molecular weight excluding hydrogens is 256 g/mol. The van der Waals surface area contributed by atoms with Gasteiger partial charge in [0.2, 0.25) is 0 Å². The lowest BCUT2D eigenvalue weighted by molar-refractivity contribution is 0.290. The zero-order valence-electron chi connectivity index (χ0n) is 11.9. The van der Waals surface area contributed by atoms with E-state index in [1.807, 2.05) is 24.3 Å². The maximum atomic E-state index is 5.64. The third-order valence-electron chi connectivity index (χ3n) is 2.77. The Kier molecular flexibility index (Phi) is 5.37. The second-order valence-electron chi connectivity index (χ2n) is 4.23. The van der Waals surface area contributed by atoms with Crippen LogP contribution in [0.3, 0.4) is 0 Å². The van der Waals surface area contributed by atoms with Crippen LogP contribution < -0.4 is 14.8 Å². The van der Waals surface area contributed by atoms with Crippen LogP contribution in [0.5, 0.6) is 11.5 Å². The summed E-state index contributed by atoms with van der Waals surface area (Å²) in [5, 5.41) is 7.54. The zero-order valence-corrected chi connectivity index (χ0v) is 11.9. The van der Waals surface area contributed by atoms with Crippen molar-refractivity contribution < 1.29 is 9.47 Å². The van der Waals surface area contributed by atoms with Crippen molar-refractivity contribution >= 4 is 0 Å². The van der Waals surface area contributed by atoms with Gasteiger partial charge in [-0.2, -0.15) is 5.10 Å². The van der Waals surface area contributed by atoms with E-state index in [4.69, 9.17) is 9.47 Å². The van der Waals surface area contributed by atoms with Crippen molar-refractivity contribution in [1.82, 2.24) is 20.1 Å². The molecule has 6 nitrogen and oxygen atoms in total. The molecule has 0 atom stereocenters. The fourth-order valence-corrected chi connectivity index (χ4v) is 1.69. The third kappa shape index (κ3) is 4.24. The first-order valence-electron chi connectivity index (χ1n) is 6.67. The molecule has 108 valence electrons. The number of hydrogen-bond acceptors (Lipinski definition) is 5. The van der Waals surface area contributed by atoms with Gasteiger partial charge in [-0.05, 0) is 30.8 Å². The largest absolute Gasteiger partial charge is 0.497 e. The molecule has 0 spiro atoms. The molecule has 0 saturated carbocycles. The van der Waals surface area contributed by atoms with Crippen LogP contribution >= 0.6 is 0 Å². The normalized spacial score (nSPS) is 10.5. The summed E-state index contributed by atoms with van der Waals surface area (Å²) in [6.45, 7) is 4.89. The molecular formula is C14H20N4O2. The van der Waals surface area contributed by atoms with E-state index >= 15 is 0 Å². The van der Waals surface area contributed by atoms with E-state index < -0.39 is 0 Å². The van der Waals surface area contributed by atoms with Gasteiger partial charge in [-0.15, -0.1) is 0 Å². The minimum atomic E-state index is 0.552. The van der Waals surface area contributed by atoms with E-state index in [0.717, 1.165) is 23.9 Å². The first-order chi connectivity index (χ1) is 9.81. The number of hydrogen-bond donors (Lipinski definition) is 1. The average Bonchev–Trinajstić information content (AvgIpc) is 2.94. The van der Waals surface area contributed by atoms with Gasteiger partial charge in [0, 0.05) is 0 Å². The molecule has 0 radical (unpaired) electrons. The molecule has 2 aromatic rings. The van der Waals surface area contributed by atoms with Crippen molar-refractivity contribution in [2.45, 2.75) is 20.0 Å². The Morgan fingerprint density at radius 1 is 1.20 bits per heavy atom. The van der Waals surface area contributed by atoms with Gasteiger partial charge in [0.1, 0.15) is 24.4 Å². The summed E-state index contributed by atoms with van der Waals surface area (Å²) in [5.41, 5.74) is 0. The Bertz CT molecular complexity index is 510. The Morgan fingerprint density at radius 2 is 1.95 bits per heavy atom. The number of aromatic nitrogens is 3. The van der Waals surface area contributed by atoms with Crippen LogP contribution in [0.2, 0.25) is 0 Å². The second kappa shape index (κ2) is 7.49. The van der Waals surface area contributed by atoms with E-state index in [2.05, 4.69) is 22.3 Å². The van der Waals surface area contributed by atoms with Crippen LogP contribution in [0, 0.1) is 0 Å². The zero-order chi connectivity index (χ0) is 14.2. The number of nitrogens with zero attached hydrogens (tertiary/aromatic N) is 3. The SMILES string of the molecule is CCNCc1ncn(CCOc2ccc(OC)cc2)n1. The predicted octanol–water partition coefficient (Wildman–Crippen LogP) is 1.48. The van der Waals surface area contributed by atoms with Crippen LogP contribution in [-0.4, -0.2) is 35.0 Å². The predicted molar refractivity (Wildman–Crippen MR) is 75.9 cm³/mol. The molecule has 2 rings (SSSR count). The van der Waals surface area contributed by atoms with Gasteiger partial charge >= 0.3 is 0 Å². The molecule has 0 aliphatic heterocycles. The van der Waals surface area contributed by atoms with Crippen molar-refractivity contribution in [2.75, 3.05) is 20.3 Å². The molecule has 0 unspecified atom stereocenters. The van der Waals surface area contributed by atoms with Crippen LogP contribution in [0.1, 0.15) is 12.7 Å². The average molecular weight is 276 g/mol. The van der Waals surface area contributed by atoms with Crippen LogP contribution in [0.4, 0.5) is 0 Å². The summed E-state index contributed by atoms with van der Waals surface area (Å²) in [6, 6.07) is 7.52. The minimum Gasteiger partial charge on any atom is -0.497 e. The molecule has 1 aromatic heterocycles. The number of ether oxygens (including phenoxy) is 2. The van der Waals surface area contributed by atoms with Crippen LogP contribution in [0.15, 0.2) is 30.6 Å². The molecule has 0 bridgehead atoms. The lowest BCUT2D eigenvalue weighted by atomic mass is 10.3. The van der Waals surface area contributed by atoms with Crippen LogP contribution in [-0.2, 0) is 13.1 Å². The van der Waals surface area contributed by atoms with E-state index in [0.29, 0.717) is 19.7 Å². The maximum absolute atomic E-state index is 5.64. The summed E-state index contributed by atoms with van der Waals surface area (Å²) in [6.07, 6.45) is 1.73. The van der Waals surface area contributed by atoms with Crippen molar-refractivity contribution in [3.63, 3.8) is 0 Å². The van der Waals surface area contributed by atoms with E-state index in [1.54, 1.807) is 18.1 Å². The topological polar surface area (TPSA) is 61.2 Å². The Morgan fingerprint density at radius 3 is 2.65 bits per heavy atom. The number of benzene rings is 1. The summed E-state index contributed by atoms with van der Waals surface area (Å²) >= 11 is 0. The van der Waals surface area contributed by atoms with Gasteiger partial charge in [0.25, 0.3) is 0 Å². The monoisotopic (exact) mass is 276 g/mol. The van der Waals surface area contributed by atoms with Gasteiger partial charge in [0.05, 0.1) is 20.2 Å². The van der Waals surface area contributed by atoms with Crippen molar-refractivity contribution in [3.8, 4) is 11.5 Å². The molecule has 0 fully saturated rings. The Balaban J connectivity index is 1.75. The highest BCUT2D eigenvalue weighted by Crippen LogP contribution is 2.16. The van der Waals surface area contributed by atoms with Gasteiger partial charge < -0.3 is 14.8 Å². The Hall–Kier alpha value is -2.08. The fraction of sp³-hybridized carbons (Fsp3) is 0.429. The number of rotatable bonds is 8. The van der Waals surface area contributed by atoms with Gasteiger partial charge in [-0.1, -0.05) is 6.92 Å². The molecule has 6 heteroatoms. The molecule has 0 amide bonds. The summed E-state index contributed by atoms with van der Waals surface area (Å²) in [4.78, 5) is 4.22. The molecule has 0 saturated heterocycles.